The van der Waals surface area contributed by atoms with Gasteiger partial charge in [-0.15, -0.1) is 34.0 Å². The number of rotatable bonds is 5. The van der Waals surface area contributed by atoms with Crippen LogP contribution in [-0.2, 0) is 0 Å². The summed E-state index contributed by atoms with van der Waals surface area (Å²) in [6.45, 7) is 0. The van der Waals surface area contributed by atoms with Gasteiger partial charge in [0.1, 0.15) is 0 Å². The van der Waals surface area contributed by atoms with Crippen LogP contribution in [0.4, 0.5) is 0 Å². The molecule has 0 spiro atoms. The van der Waals surface area contributed by atoms with Crippen LogP contribution < -0.4 is 0 Å². The van der Waals surface area contributed by atoms with Crippen LogP contribution in [0.1, 0.15) is 0 Å². The van der Waals surface area contributed by atoms with Crippen molar-refractivity contribution in [2.75, 3.05) is 0 Å². The molecule has 0 bridgehead atoms. The van der Waals surface area contributed by atoms with E-state index in [4.69, 9.17) is 24.9 Å². The summed E-state index contributed by atoms with van der Waals surface area (Å²) < 4.78 is 7.16. The third-order valence-electron chi connectivity index (χ3n) is 10.6. The van der Waals surface area contributed by atoms with Gasteiger partial charge in [-0.2, -0.15) is 0 Å². The topological polar surface area (TPSA) is 64.5 Å². The molecule has 0 saturated heterocycles. The Labute approximate surface area is 338 Å². The number of nitrogens with zero attached hydrogens (tertiary/aromatic N) is 5. The Bertz CT molecular complexity index is 3530. The highest BCUT2D eigenvalue weighted by Gasteiger charge is 2.20. The molecule has 5 aromatic heterocycles. The third kappa shape index (κ3) is 5.37. The van der Waals surface area contributed by atoms with Crippen molar-refractivity contribution in [1.29, 1.82) is 0 Å². The third-order valence-corrected chi connectivity index (χ3v) is 14.0. The standard InChI is InChI=1S/C49H27N5S3/c1-3-12-28(13-4-1)43-45-44(33-17-8-10-20-38(33)57-45)51-47(50-43)31-23-25-40-36(27-31)42-34(18-11-21-41(42)56-40)49-53-46(29-14-5-2-6-15-29)52-48(54-49)30-22-24-39-35(26-30)32-16-7-9-19-37(32)55-39/h1-27H. The summed E-state index contributed by atoms with van der Waals surface area (Å²) in [5.74, 6) is 2.63. The normalized spacial score (nSPS) is 11.9. The zero-order chi connectivity index (χ0) is 37.5. The van der Waals surface area contributed by atoms with E-state index >= 15 is 0 Å². The lowest BCUT2D eigenvalue weighted by molar-refractivity contribution is 1.08. The lowest BCUT2D eigenvalue weighted by Crippen LogP contribution is -2.00. The average molecular weight is 782 g/mol. The number of thiophene rings is 3. The predicted molar refractivity (Wildman–Crippen MR) is 241 cm³/mol. The van der Waals surface area contributed by atoms with Gasteiger partial charge in [-0.25, -0.2) is 24.9 Å². The summed E-state index contributed by atoms with van der Waals surface area (Å²) >= 11 is 5.34. The Morgan fingerprint density at radius 1 is 0.316 bits per heavy atom. The second kappa shape index (κ2) is 12.9. The molecule has 7 aromatic carbocycles. The highest BCUT2D eigenvalue weighted by atomic mass is 32.1. The van der Waals surface area contributed by atoms with Crippen LogP contribution in [0.15, 0.2) is 164 Å². The molecular formula is C49H27N5S3. The SMILES string of the molecule is c1ccc(-c2nc(-c3ccc4sc5ccccc5c4c3)nc(-c3cccc4sc5ccc(-c6nc(-c7ccccc7)c7sc8ccccc8c7n6)cc5c34)n2)cc1. The van der Waals surface area contributed by atoms with Crippen molar-refractivity contribution in [3.8, 4) is 56.8 Å². The lowest BCUT2D eigenvalue weighted by Gasteiger charge is -2.10. The summed E-state index contributed by atoms with van der Waals surface area (Å²) in [7, 11) is 0. The van der Waals surface area contributed by atoms with E-state index in [2.05, 4.69) is 140 Å². The molecule has 12 rings (SSSR count). The van der Waals surface area contributed by atoms with E-state index in [0.717, 1.165) is 59.9 Å². The first-order valence-corrected chi connectivity index (χ1v) is 21.1. The summed E-state index contributed by atoms with van der Waals surface area (Å²) in [4.78, 5) is 26.1. The van der Waals surface area contributed by atoms with Crippen molar-refractivity contribution in [2.24, 2.45) is 0 Å². The molecule has 0 radical (unpaired) electrons. The Morgan fingerprint density at radius 2 is 0.860 bits per heavy atom. The first kappa shape index (κ1) is 32.5. The molecule has 12 aromatic rings. The number of fused-ring (bicyclic) bond motifs is 9. The van der Waals surface area contributed by atoms with Crippen molar-refractivity contribution in [1.82, 2.24) is 24.9 Å². The zero-order valence-electron chi connectivity index (χ0n) is 30.0. The summed E-state index contributed by atoms with van der Waals surface area (Å²) in [5.41, 5.74) is 6.83. The van der Waals surface area contributed by atoms with Crippen LogP contribution in [0.2, 0.25) is 0 Å². The van der Waals surface area contributed by atoms with Crippen molar-refractivity contribution in [2.45, 2.75) is 0 Å². The van der Waals surface area contributed by atoms with Gasteiger partial charge in [0.05, 0.1) is 15.9 Å². The largest absolute Gasteiger partial charge is 0.226 e. The summed E-state index contributed by atoms with van der Waals surface area (Å²) in [6.07, 6.45) is 0. The molecule has 0 saturated carbocycles. The van der Waals surface area contributed by atoms with Gasteiger partial charge in [-0.1, -0.05) is 109 Å². The summed E-state index contributed by atoms with van der Waals surface area (Å²) in [6, 6.07) is 57.3. The van der Waals surface area contributed by atoms with E-state index in [1.54, 1.807) is 22.7 Å². The predicted octanol–water partition coefficient (Wildman–Crippen LogP) is 14.1. The van der Waals surface area contributed by atoms with Gasteiger partial charge in [-0.05, 0) is 54.6 Å². The maximum absolute atomic E-state index is 5.29. The first-order valence-electron chi connectivity index (χ1n) is 18.7. The maximum atomic E-state index is 5.29. The molecule has 0 aliphatic heterocycles. The fourth-order valence-corrected chi connectivity index (χ4v) is 11.2. The van der Waals surface area contributed by atoms with Crippen LogP contribution >= 0.6 is 34.0 Å². The van der Waals surface area contributed by atoms with Gasteiger partial charge in [0, 0.05) is 78.2 Å². The van der Waals surface area contributed by atoms with Gasteiger partial charge < -0.3 is 0 Å². The molecule has 0 aliphatic rings. The molecule has 0 N–H and O–H groups in total. The van der Waals surface area contributed by atoms with E-state index in [9.17, 15) is 0 Å². The van der Waals surface area contributed by atoms with E-state index in [1.807, 2.05) is 35.6 Å². The lowest BCUT2D eigenvalue weighted by atomic mass is 10.0. The molecular weight excluding hydrogens is 755 g/mol. The van der Waals surface area contributed by atoms with Crippen LogP contribution in [0.25, 0.3) is 117 Å². The van der Waals surface area contributed by atoms with Crippen LogP contribution in [0.3, 0.4) is 0 Å². The second-order valence-electron chi connectivity index (χ2n) is 14.0. The van der Waals surface area contributed by atoms with Crippen molar-refractivity contribution in [3.63, 3.8) is 0 Å². The van der Waals surface area contributed by atoms with Crippen LogP contribution in [0, 0.1) is 0 Å². The number of hydrogen-bond donors (Lipinski definition) is 0. The fraction of sp³-hybridized carbons (Fsp3) is 0. The molecule has 57 heavy (non-hydrogen) atoms. The zero-order valence-corrected chi connectivity index (χ0v) is 32.5. The minimum absolute atomic E-state index is 0.638. The van der Waals surface area contributed by atoms with Gasteiger partial charge in [-0.3, -0.25) is 0 Å². The number of benzene rings is 7. The molecule has 266 valence electrons. The minimum Gasteiger partial charge on any atom is -0.226 e. The van der Waals surface area contributed by atoms with Crippen LogP contribution in [0.5, 0.6) is 0 Å². The molecule has 8 heteroatoms. The van der Waals surface area contributed by atoms with Gasteiger partial charge in [0.2, 0.25) is 0 Å². The number of hydrogen-bond acceptors (Lipinski definition) is 8. The second-order valence-corrected chi connectivity index (χ2v) is 17.2. The maximum Gasteiger partial charge on any atom is 0.164 e. The Balaban J connectivity index is 1.07. The van der Waals surface area contributed by atoms with Crippen molar-refractivity contribution in [3.05, 3.63) is 164 Å². The molecule has 5 heterocycles. The quantitative estimate of drug-likeness (QED) is 0.174. The van der Waals surface area contributed by atoms with E-state index < -0.39 is 0 Å². The van der Waals surface area contributed by atoms with Crippen molar-refractivity contribution >= 4 is 94.7 Å². The molecule has 5 nitrogen and oxygen atoms in total. The fourth-order valence-electron chi connectivity index (χ4n) is 7.87. The molecule has 0 fully saturated rings. The molecule has 0 atom stereocenters. The minimum atomic E-state index is 0.638. The van der Waals surface area contributed by atoms with E-state index in [0.29, 0.717) is 23.3 Å². The molecule has 0 unspecified atom stereocenters. The molecule has 0 aliphatic carbocycles. The highest BCUT2D eigenvalue weighted by Crippen LogP contribution is 2.43. The Hall–Kier alpha value is -6.71. The monoisotopic (exact) mass is 781 g/mol. The summed E-state index contributed by atoms with van der Waals surface area (Å²) in [5, 5.41) is 5.83. The van der Waals surface area contributed by atoms with E-state index in [-0.39, 0.29) is 0 Å². The van der Waals surface area contributed by atoms with Gasteiger partial charge in [0.25, 0.3) is 0 Å². The molecule has 0 amide bonds. The number of aromatic nitrogens is 5. The first-order chi connectivity index (χ1) is 28.2. The van der Waals surface area contributed by atoms with Crippen LogP contribution in [-0.4, -0.2) is 24.9 Å². The smallest absolute Gasteiger partial charge is 0.164 e. The average Bonchev–Trinajstić information content (AvgIpc) is 3.97. The van der Waals surface area contributed by atoms with E-state index in [1.165, 1.54) is 34.3 Å². The van der Waals surface area contributed by atoms with Gasteiger partial charge in [0.15, 0.2) is 23.3 Å². The Kier molecular flexibility index (Phi) is 7.38. The van der Waals surface area contributed by atoms with Crippen molar-refractivity contribution < 1.29 is 0 Å². The van der Waals surface area contributed by atoms with Gasteiger partial charge >= 0.3 is 0 Å². The highest BCUT2D eigenvalue weighted by molar-refractivity contribution is 7.26. The Morgan fingerprint density at radius 3 is 1.63 bits per heavy atom.